The van der Waals surface area contributed by atoms with Crippen molar-refractivity contribution in [2.45, 2.75) is 102 Å². The molecule has 246 valence electrons. The SMILES string of the molecule is C=C(CCC12OCC(O)(C#N)C(C(=O)O)(O1)[C@H](OC(=O)/C=C/[C@@H](C)C[C@@H](C)CC)[C@H]2O)[C@@H](OC(C)=O)[C@H](C)Cc1ccccc1. The normalized spacial score (nSPS) is 30.1. The maximum Gasteiger partial charge on any atom is 0.344 e. The van der Waals surface area contributed by atoms with Gasteiger partial charge in [-0.3, -0.25) is 4.79 Å². The smallest absolute Gasteiger partial charge is 0.344 e. The standard InChI is InChI=1S/C34H45NO10/c1-7-21(2)17-22(3)13-14-27(37)44-30-29(38)33(42-20-32(41,19-35)34(30,45-33)31(39)40)16-15-23(4)28(43-25(6)36)24(5)18-26-11-9-8-10-12-26/h8-14,21-22,24,28-30,38,41H,4,7,15-18,20H2,1-3,5-6H3,(H,39,40)/b14-13+/t21-,22+,24+,28+,29+,30+,32?,33?,34?/m0/s1. The first kappa shape index (κ1) is 35.9. The number of allylic oxidation sites excluding steroid dienone is 1. The third-order valence-electron chi connectivity index (χ3n) is 8.80. The quantitative estimate of drug-likeness (QED) is 0.112. The summed E-state index contributed by atoms with van der Waals surface area (Å²) in [6.45, 7) is 12.5. The molecule has 2 saturated heterocycles. The summed E-state index contributed by atoms with van der Waals surface area (Å²) in [6.07, 6.45) is 0.260. The van der Waals surface area contributed by atoms with Crippen molar-refractivity contribution in [3.63, 3.8) is 0 Å². The molecule has 3 unspecified atom stereocenters. The van der Waals surface area contributed by atoms with Crippen LogP contribution in [0, 0.1) is 29.1 Å². The molecule has 0 amide bonds. The van der Waals surface area contributed by atoms with E-state index in [2.05, 4.69) is 20.4 Å². The minimum absolute atomic E-state index is 0.0103. The number of esters is 2. The molecule has 45 heavy (non-hydrogen) atoms. The second-order valence-electron chi connectivity index (χ2n) is 12.5. The van der Waals surface area contributed by atoms with E-state index in [0.29, 0.717) is 17.9 Å². The molecule has 2 aliphatic rings. The van der Waals surface area contributed by atoms with Crippen LogP contribution in [0.1, 0.15) is 65.9 Å². The van der Waals surface area contributed by atoms with E-state index in [1.54, 1.807) is 6.08 Å². The average Bonchev–Trinajstić information content (AvgIpc) is 3.22. The Balaban J connectivity index is 1.86. The molecule has 2 fully saturated rings. The fourth-order valence-electron chi connectivity index (χ4n) is 6.13. The Morgan fingerprint density at radius 1 is 1.22 bits per heavy atom. The third-order valence-corrected chi connectivity index (χ3v) is 8.80. The Bertz CT molecular complexity index is 1310. The van der Waals surface area contributed by atoms with Gasteiger partial charge >= 0.3 is 17.9 Å². The third kappa shape index (κ3) is 7.64. The van der Waals surface area contributed by atoms with Gasteiger partial charge in [0, 0.05) is 25.3 Å². The van der Waals surface area contributed by atoms with Crippen LogP contribution in [-0.2, 0) is 39.8 Å². The summed E-state index contributed by atoms with van der Waals surface area (Å²) < 4.78 is 22.6. The van der Waals surface area contributed by atoms with Gasteiger partial charge in [-0.25, -0.2) is 9.59 Å². The van der Waals surface area contributed by atoms with E-state index in [9.17, 15) is 35.0 Å². The molecule has 11 nitrogen and oxygen atoms in total. The summed E-state index contributed by atoms with van der Waals surface area (Å²) in [5.41, 5.74) is -4.20. The molecule has 1 aromatic carbocycles. The van der Waals surface area contributed by atoms with Gasteiger partial charge in [0.05, 0.1) is 6.61 Å². The second kappa shape index (κ2) is 14.7. The molecule has 0 saturated carbocycles. The predicted molar refractivity (Wildman–Crippen MR) is 162 cm³/mol. The fourth-order valence-corrected chi connectivity index (χ4v) is 6.13. The lowest BCUT2D eigenvalue weighted by Crippen LogP contribution is -2.69. The van der Waals surface area contributed by atoms with Crippen molar-refractivity contribution >= 4 is 17.9 Å². The van der Waals surface area contributed by atoms with E-state index >= 15 is 0 Å². The van der Waals surface area contributed by atoms with Gasteiger partial charge < -0.3 is 34.3 Å². The molecule has 11 heteroatoms. The Morgan fingerprint density at radius 2 is 1.89 bits per heavy atom. The van der Waals surface area contributed by atoms with Crippen LogP contribution in [0.25, 0.3) is 0 Å². The molecular formula is C34H45NO10. The lowest BCUT2D eigenvalue weighted by Gasteiger charge is -2.44. The van der Waals surface area contributed by atoms with Crippen molar-refractivity contribution in [2.75, 3.05) is 6.61 Å². The molecule has 0 aromatic heterocycles. The van der Waals surface area contributed by atoms with Crippen LogP contribution in [0.4, 0.5) is 0 Å². The zero-order valence-corrected chi connectivity index (χ0v) is 26.6. The van der Waals surface area contributed by atoms with Gasteiger partial charge in [0.1, 0.15) is 18.3 Å². The average molecular weight is 628 g/mol. The lowest BCUT2D eigenvalue weighted by molar-refractivity contribution is -0.348. The van der Waals surface area contributed by atoms with Gasteiger partial charge in [0.25, 0.3) is 5.60 Å². The number of aliphatic carboxylic acids is 1. The maximum absolute atomic E-state index is 12.9. The largest absolute Gasteiger partial charge is 0.479 e. The first-order valence-electron chi connectivity index (χ1n) is 15.3. The number of aliphatic hydroxyl groups is 2. The number of hydrogen-bond donors (Lipinski definition) is 3. The number of fused-ring (bicyclic) bond motifs is 2. The first-order valence-corrected chi connectivity index (χ1v) is 15.3. The topological polar surface area (TPSA) is 173 Å². The van der Waals surface area contributed by atoms with Gasteiger partial charge in [-0.05, 0) is 42.2 Å². The van der Waals surface area contributed by atoms with Crippen LogP contribution in [0.3, 0.4) is 0 Å². The first-order chi connectivity index (χ1) is 21.1. The van der Waals surface area contributed by atoms with Crippen molar-refractivity contribution < 1.29 is 48.7 Å². The summed E-state index contributed by atoms with van der Waals surface area (Å²) in [5.74, 6) is -5.17. The molecule has 3 N–H and O–H groups in total. The number of ether oxygens (including phenoxy) is 4. The Hall–Kier alpha value is -3.56. The maximum atomic E-state index is 12.9. The minimum atomic E-state index is -2.86. The van der Waals surface area contributed by atoms with Gasteiger partial charge in [-0.1, -0.05) is 77.1 Å². The molecule has 0 spiro atoms. The van der Waals surface area contributed by atoms with E-state index in [1.165, 1.54) is 13.0 Å². The highest BCUT2D eigenvalue weighted by molar-refractivity contribution is 5.86. The Kier molecular flexibility index (Phi) is 11.7. The number of carboxylic acids is 1. The van der Waals surface area contributed by atoms with Crippen LogP contribution in [-0.4, -0.2) is 75.1 Å². The highest BCUT2D eigenvalue weighted by atomic mass is 16.8. The highest BCUT2D eigenvalue weighted by Crippen LogP contribution is 2.53. The van der Waals surface area contributed by atoms with Crippen LogP contribution < -0.4 is 0 Å². The number of carboxylic acid groups (broad SMARTS) is 1. The monoisotopic (exact) mass is 627 g/mol. The van der Waals surface area contributed by atoms with Crippen LogP contribution in [0.5, 0.6) is 0 Å². The molecule has 9 atom stereocenters. The van der Waals surface area contributed by atoms with Crippen molar-refractivity contribution in [1.29, 1.82) is 5.26 Å². The van der Waals surface area contributed by atoms with E-state index < -0.39 is 59.8 Å². The Labute approximate surface area is 264 Å². The summed E-state index contributed by atoms with van der Waals surface area (Å²) in [5, 5.41) is 42.8. The number of nitrogens with zero attached hydrogens (tertiary/aromatic N) is 1. The molecule has 1 aromatic rings. The number of hydrogen-bond acceptors (Lipinski definition) is 10. The van der Waals surface area contributed by atoms with E-state index in [0.717, 1.165) is 24.5 Å². The zero-order chi connectivity index (χ0) is 33.6. The van der Waals surface area contributed by atoms with Gasteiger partial charge in [0.2, 0.25) is 5.60 Å². The van der Waals surface area contributed by atoms with Crippen molar-refractivity contribution in [2.24, 2.45) is 17.8 Å². The minimum Gasteiger partial charge on any atom is -0.479 e. The summed E-state index contributed by atoms with van der Waals surface area (Å²) in [7, 11) is 0. The number of carbonyl (C=O) groups excluding carboxylic acids is 2. The van der Waals surface area contributed by atoms with Crippen molar-refractivity contribution in [3.8, 4) is 6.07 Å². The molecular weight excluding hydrogens is 582 g/mol. The summed E-state index contributed by atoms with van der Waals surface area (Å²) in [4.78, 5) is 37.7. The van der Waals surface area contributed by atoms with E-state index in [1.807, 2.05) is 44.2 Å². The van der Waals surface area contributed by atoms with Crippen molar-refractivity contribution in [3.05, 3.63) is 60.2 Å². The van der Waals surface area contributed by atoms with Gasteiger partial charge in [-0.15, -0.1) is 0 Å². The predicted octanol–water partition coefficient (Wildman–Crippen LogP) is 3.87. The number of aliphatic hydroxyl groups excluding tert-OH is 1. The van der Waals surface area contributed by atoms with Crippen LogP contribution >= 0.6 is 0 Å². The zero-order valence-electron chi connectivity index (χ0n) is 26.6. The number of benzene rings is 1. The fraction of sp³-hybridized carbons (Fsp3) is 0.588. The number of rotatable bonds is 15. The van der Waals surface area contributed by atoms with Crippen LogP contribution in [0.15, 0.2) is 54.6 Å². The van der Waals surface area contributed by atoms with Crippen molar-refractivity contribution in [1.82, 2.24) is 0 Å². The molecule has 2 heterocycles. The summed E-state index contributed by atoms with van der Waals surface area (Å²) in [6, 6.07) is 11.1. The summed E-state index contributed by atoms with van der Waals surface area (Å²) >= 11 is 0. The van der Waals surface area contributed by atoms with Gasteiger partial charge in [0.15, 0.2) is 11.9 Å². The van der Waals surface area contributed by atoms with E-state index in [-0.39, 0.29) is 24.7 Å². The molecule has 3 rings (SSSR count). The molecule has 2 bridgehead atoms. The lowest BCUT2D eigenvalue weighted by atomic mass is 9.79. The highest BCUT2D eigenvalue weighted by Gasteiger charge is 2.80. The number of carbonyl (C=O) groups is 3. The van der Waals surface area contributed by atoms with Crippen LogP contribution in [0.2, 0.25) is 0 Å². The molecule has 0 aliphatic carbocycles. The molecule has 0 radical (unpaired) electrons. The van der Waals surface area contributed by atoms with Gasteiger partial charge in [-0.2, -0.15) is 5.26 Å². The Morgan fingerprint density at radius 3 is 2.47 bits per heavy atom. The van der Waals surface area contributed by atoms with E-state index in [4.69, 9.17) is 18.9 Å². The molecule has 2 aliphatic heterocycles. The second-order valence-corrected chi connectivity index (χ2v) is 12.5. The number of nitriles is 1.